The molecule has 2 aromatic heterocycles. The van der Waals surface area contributed by atoms with Crippen LogP contribution in [0.3, 0.4) is 0 Å². The number of H-pyrrole nitrogens is 1. The van der Waals surface area contributed by atoms with Gasteiger partial charge in [-0.3, -0.25) is 4.79 Å². The van der Waals surface area contributed by atoms with Gasteiger partial charge in [0, 0.05) is 31.7 Å². The third-order valence-corrected chi connectivity index (χ3v) is 3.69. The van der Waals surface area contributed by atoms with Crippen LogP contribution in [0.25, 0.3) is 11.0 Å². The summed E-state index contributed by atoms with van der Waals surface area (Å²) in [5.41, 5.74) is 1.91. The number of benzene rings is 1. The van der Waals surface area contributed by atoms with Gasteiger partial charge in [0.2, 0.25) is 11.8 Å². The van der Waals surface area contributed by atoms with Gasteiger partial charge < -0.3 is 14.8 Å². The Morgan fingerprint density at radius 3 is 2.83 bits per heavy atom. The predicted octanol–water partition coefficient (Wildman–Crippen LogP) is 2.36. The molecule has 0 spiro atoms. The van der Waals surface area contributed by atoms with Crippen LogP contribution < -0.4 is 5.32 Å². The Kier molecular flexibility index (Phi) is 4.88. The summed E-state index contributed by atoms with van der Waals surface area (Å²) in [4.78, 5) is 23.9. The van der Waals surface area contributed by atoms with Crippen molar-refractivity contribution in [3.05, 3.63) is 41.8 Å². The molecule has 0 aliphatic heterocycles. The Balaban J connectivity index is 1.42. The van der Waals surface area contributed by atoms with Crippen molar-refractivity contribution in [1.82, 2.24) is 25.4 Å². The van der Waals surface area contributed by atoms with Gasteiger partial charge in [-0.05, 0) is 12.1 Å². The SMILES string of the molecule is CC(C)c1noc(CCNC(=O)CCc2nc3ccccc3[nH]2)n1. The van der Waals surface area contributed by atoms with Crippen molar-refractivity contribution in [2.24, 2.45) is 0 Å². The number of carbonyl (C=O) groups is 1. The molecule has 0 unspecified atom stereocenters. The van der Waals surface area contributed by atoms with Crippen LogP contribution >= 0.6 is 0 Å². The number of fused-ring (bicyclic) bond motifs is 1. The summed E-state index contributed by atoms with van der Waals surface area (Å²) in [6, 6.07) is 7.83. The molecule has 1 aromatic carbocycles. The number of hydrogen-bond donors (Lipinski definition) is 2. The van der Waals surface area contributed by atoms with Gasteiger partial charge in [-0.15, -0.1) is 0 Å². The normalized spacial score (nSPS) is 11.3. The molecular weight excluding hydrogens is 306 g/mol. The number of aromatic nitrogens is 4. The highest BCUT2D eigenvalue weighted by atomic mass is 16.5. The summed E-state index contributed by atoms with van der Waals surface area (Å²) in [5, 5.41) is 6.76. The van der Waals surface area contributed by atoms with E-state index in [4.69, 9.17) is 4.52 Å². The molecule has 0 saturated carbocycles. The fourth-order valence-electron chi connectivity index (χ4n) is 2.36. The first-order chi connectivity index (χ1) is 11.6. The van der Waals surface area contributed by atoms with Crippen molar-refractivity contribution in [1.29, 1.82) is 0 Å². The number of aromatic amines is 1. The molecule has 3 aromatic rings. The molecule has 0 aliphatic rings. The highest BCUT2D eigenvalue weighted by Gasteiger charge is 2.10. The maximum Gasteiger partial charge on any atom is 0.228 e. The lowest BCUT2D eigenvalue weighted by Gasteiger charge is -2.02. The molecule has 2 heterocycles. The minimum atomic E-state index is -0.0148. The molecule has 1 amide bonds. The lowest BCUT2D eigenvalue weighted by atomic mass is 10.2. The number of imidazole rings is 1. The number of hydrogen-bond acceptors (Lipinski definition) is 5. The molecule has 24 heavy (non-hydrogen) atoms. The van der Waals surface area contributed by atoms with Gasteiger partial charge in [-0.25, -0.2) is 4.98 Å². The average molecular weight is 327 g/mol. The van der Waals surface area contributed by atoms with E-state index >= 15 is 0 Å². The number of aryl methyl sites for hydroxylation is 1. The highest BCUT2D eigenvalue weighted by molar-refractivity contribution is 5.77. The lowest BCUT2D eigenvalue weighted by molar-refractivity contribution is -0.121. The van der Waals surface area contributed by atoms with E-state index in [1.165, 1.54) is 0 Å². The molecule has 0 aliphatic carbocycles. The summed E-state index contributed by atoms with van der Waals surface area (Å²) in [5.74, 6) is 2.29. The van der Waals surface area contributed by atoms with Crippen molar-refractivity contribution in [3.63, 3.8) is 0 Å². The van der Waals surface area contributed by atoms with E-state index in [-0.39, 0.29) is 11.8 Å². The summed E-state index contributed by atoms with van der Waals surface area (Å²) < 4.78 is 5.14. The van der Waals surface area contributed by atoms with Crippen molar-refractivity contribution < 1.29 is 9.32 Å². The van der Waals surface area contributed by atoms with E-state index in [2.05, 4.69) is 25.4 Å². The Morgan fingerprint density at radius 1 is 1.25 bits per heavy atom. The van der Waals surface area contributed by atoms with E-state index in [1.807, 2.05) is 38.1 Å². The fourth-order valence-corrected chi connectivity index (χ4v) is 2.36. The number of amides is 1. The third kappa shape index (κ3) is 3.98. The minimum Gasteiger partial charge on any atom is -0.356 e. The van der Waals surface area contributed by atoms with Crippen molar-refractivity contribution in [3.8, 4) is 0 Å². The molecule has 0 fully saturated rings. The van der Waals surface area contributed by atoms with E-state index in [0.29, 0.717) is 37.5 Å². The van der Waals surface area contributed by atoms with E-state index < -0.39 is 0 Å². The van der Waals surface area contributed by atoms with Crippen LogP contribution in [0.1, 0.15) is 43.7 Å². The predicted molar refractivity (Wildman–Crippen MR) is 89.5 cm³/mol. The zero-order valence-corrected chi connectivity index (χ0v) is 13.9. The molecule has 0 radical (unpaired) electrons. The highest BCUT2D eigenvalue weighted by Crippen LogP contribution is 2.11. The van der Waals surface area contributed by atoms with Crippen molar-refractivity contribution in [2.45, 2.75) is 39.0 Å². The van der Waals surface area contributed by atoms with Gasteiger partial charge in [0.1, 0.15) is 5.82 Å². The smallest absolute Gasteiger partial charge is 0.228 e. The van der Waals surface area contributed by atoms with Gasteiger partial charge in [-0.1, -0.05) is 31.1 Å². The first-order valence-electron chi connectivity index (χ1n) is 8.14. The second-order valence-electron chi connectivity index (χ2n) is 6.00. The Labute approximate surface area is 139 Å². The Bertz CT molecular complexity index is 788. The largest absolute Gasteiger partial charge is 0.356 e. The number of nitrogens with one attached hydrogen (secondary N) is 2. The van der Waals surface area contributed by atoms with Crippen LogP contribution in [0, 0.1) is 0 Å². The molecule has 126 valence electrons. The summed E-state index contributed by atoms with van der Waals surface area (Å²) in [6.07, 6.45) is 1.51. The van der Waals surface area contributed by atoms with Gasteiger partial charge in [-0.2, -0.15) is 4.98 Å². The fraction of sp³-hybridized carbons (Fsp3) is 0.412. The maximum atomic E-state index is 11.9. The number of nitrogens with zero attached hydrogens (tertiary/aromatic N) is 3. The average Bonchev–Trinajstić information content (AvgIpc) is 3.19. The number of carbonyl (C=O) groups excluding carboxylic acids is 1. The zero-order valence-electron chi connectivity index (χ0n) is 13.9. The molecule has 3 rings (SSSR count). The topological polar surface area (TPSA) is 96.7 Å². The van der Waals surface area contributed by atoms with Gasteiger partial charge >= 0.3 is 0 Å². The monoisotopic (exact) mass is 327 g/mol. The first kappa shape index (κ1) is 16.2. The van der Waals surface area contributed by atoms with E-state index in [0.717, 1.165) is 16.9 Å². The van der Waals surface area contributed by atoms with Crippen LogP contribution in [-0.2, 0) is 17.6 Å². The molecule has 7 nitrogen and oxygen atoms in total. The standard InChI is InChI=1S/C17H21N5O2/c1-11(2)17-21-16(24-22-17)9-10-18-15(23)8-7-14-19-12-5-3-4-6-13(12)20-14/h3-6,11H,7-10H2,1-2H3,(H,18,23)(H,19,20). The quantitative estimate of drug-likeness (QED) is 0.694. The van der Waals surface area contributed by atoms with Crippen LogP contribution in [-0.4, -0.2) is 32.6 Å². The lowest BCUT2D eigenvalue weighted by Crippen LogP contribution is -2.26. The molecule has 0 saturated heterocycles. The Morgan fingerprint density at radius 2 is 2.08 bits per heavy atom. The van der Waals surface area contributed by atoms with Crippen molar-refractivity contribution in [2.75, 3.05) is 6.54 Å². The maximum absolute atomic E-state index is 11.9. The summed E-state index contributed by atoms with van der Waals surface area (Å²) in [7, 11) is 0. The number of rotatable bonds is 7. The van der Waals surface area contributed by atoms with Gasteiger partial charge in [0.25, 0.3) is 0 Å². The minimum absolute atomic E-state index is 0.0148. The molecular formula is C17H21N5O2. The molecule has 2 N–H and O–H groups in total. The van der Waals surface area contributed by atoms with Crippen LogP contribution in [0.15, 0.2) is 28.8 Å². The van der Waals surface area contributed by atoms with Gasteiger partial charge in [0.05, 0.1) is 11.0 Å². The van der Waals surface area contributed by atoms with Gasteiger partial charge in [0.15, 0.2) is 5.82 Å². The second-order valence-corrected chi connectivity index (χ2v) is 6.00. The Hall–Kier alpha value is -2.70. The molecule has 0 atom stereocenters. The third-order valence-electron chi connectivity index (χ3n) is 3.69. The molecule has 0 bridgehead atoms. The van der Waals surface area contributed by atoms with Crippen LogP contribution in [0.2, 0.25) is 0 Å². The van der Waals surface area contributed by atoms with E-state index in [1.54, 1.807) is 0 Å². The van der Waals surface area contributed by atoms with Crippen molar-refractivity contribution >= 4 is 16.9 Å². The van der Waals surface area contributed by atoms with E-state index in [9.17, 15) is 4.79 Å². The zero-order chi connectivity index (χ0) is 16.9. The summed E-state index contributed by atoms with van der Waals surface area (Å²) >= 11 is 0. The first-order valence-corrected chi connectivity index (χ1v) is 8.14. The summed E-state index contributed by atoms with van der Waals surface area (Å²) in [6.45, 7) is 4.50. The number of para-hydroxylation sites is 2. The second kappa shape index (κ2) is 7.25. The molecule has 7 heteroatoms. The van der Waals surface area contributed by atoms with Crippen LogP contribution in [0.5, 0.6) is 0 Å². The van der Waals surface area contributed by atoms with Crippen LogP contribution in [0.4, 0.5) is 0 Å².